The molecular weight excluding hydrogens is 270 g/mol. The van der Waals surface area contributed by atoms with Gasteiger partial charge in [-0.1, -0.05) is 37.3 Å². The van der Waals surface area contributed by atoms with E-state index < -0.39 is 0 Å². The third-order valence-electron chi connectivity index (χ3n) is 4.26. The summed E-state index contributed by atoms with van der Waals surface area (Å²) in [5.74, 6) is 0.406. The largest absolute Gasteiger partial charge is 0.316 e. The molecule has 1 aromatic carbocycles. The average molecular weight is 289 g/mol. The van der Waals surface area contributed by atoms with Crippen molar-refractivity contribution in [1.29, 1.82) is 0 Å². The number of fused-ring (bicyclic) bond motifs is 1. The van der Waals surface area contributed by atoms with Crippen LogP contribution < -0.4 is 10.6 Å². The van der Waals surface area contributed by atoms with E-state index in [1.807, 2.05) is 24.3 Å². The molecule has 1 aliphatic rings. The first-order valence-electron chi connectivity index (χ1n) is 6.99. The van der Waals surface area contributed by atoms with Gasteiger partial charge in [-0.3, -0.25) is 4.79 Å². The van der Waals surface area contributed by atoms with Crippen LogP contribution in [-0.2, 0) is 4.79 Å². The Bertz CT molecular complexity index is 596. The van der Waals surface area contributed by atoms with Gasteiger partial charge in [-0.2, -0.15) is 0 Å². The lowest BCUT2D eigenvalue weighted by atomic mass is 9.75. The Kier molecular flexibility index (Phi) is 3.48. The zero-order valence-corrected chi connectivity index (χ0v) is 12.6. The zero-order valence-electron chi connectivity index (χ0n) is 11.8. The molecule has 1 amide bonds. The molecule has 0 bridgehead atoms. The van der Waals surface area contributed by atoms with Crippen molar-refractivity contribution in [3.05, 3.63) is 24.3 Å². The van der Waals surface area contributed by atoms with Crippen LogP contribution in [0.2, 0.25) is 0 Å². The van der Waals surface area contributed by atoms with Crippen LogP contribution in [0.25, 0.3) is 10.2 Å². The smallest absolute Gasteiger partial charge is 0.233 e. The van der Waals surface area contributed by atoms with E-state index in [4.69, 9.17) is 0 Å². The Morgan fingerprint density at radius 2 is 2.25 bits per heavy atom. The third kappa shape index (κ3) is 2.21. The number of hydrogen-bond acceptors (Lipinski definition) is 4. The lowest BCUT2D eigenvalue weighted by molar-refractivity contribution is -0.126. The molecule has 2 N–H and O–H groups in total. The fourth-order valence-electron chi connectivity index (χ4n) is 2.81. The van der Waals surface area contributed by atoms with E-state index in [1.54, 1.807) is 0 Å². The Morgan fingerprint density at radius 3 is 2.90 bits per heavy atom. The molecule has 0 spiro atoms. The van der Waals surface area contributed by atoms with Gasteiger partial charge in [0.25, 0.3) is 0 Å². The molecule has 1 aliphatic heterocycles. The first-order chi connectivity index (χ1) is 9.62. The minimum Gasteiger partial charge on any atom is -0.316 e. The van der Waals surface area contributed by atoms with Gasteiger partial charge in [0.05, 0.1) is 15.6 Å². The van der Waals surface area contributed by atoms with Crippen molar-refractivity contribution in [2.75, 3.05) is 18.4 Å². The van der Waals surface area contributed by atoms with Crippen LogP contribution in [0.3, 0.4) is 0 Å². The van der Waals surface area contributed by atoms with E-state index in [9.17, 15) is 4.79 Å². The number of anilines is 1. The van der Waals surface area contributed by atoms with E-state index >= 15 is 0 Å². The van der Waals surface area contributed by atoms with Gasteiger partial charge in [0, 0.05) is 6.54 Å². The predicted molar refractivity (Wildman–Crippen MR) is 83.0 cm³/mol. The average Bonchev–Trinajstić information content (AvgIpc) is 3.05. The molecule has 1 aromatic heterocycles. The standard InChI is InChI=1S/C15H19N3OS/c1-10(2)15(7-8-16-9-15)13(19)18-14-17-11-5-3-4-6-12(11)20-14/h3-6,10,16H,7-9H2,1-2H3,(H,17,18,19). The number of benzene rings is 1. The van der Waals surface area contributed by atoms with Crippen LogP contribution >= 0.6 is 11.3 Å². The van der Waals surface area contributed by atoms with Crippen molar-refractivity contribution < 1.29 is 4.79 Å². The fourth-order valence-corrected chi connectivity index (χ4v) is 3.67. The second-order valence-electron chi connectivity index (χ2n) is 5.68. The molecule has 0 aliphatic carbocycles. The molecule has 106 valence electrons. The number of rotatable bonds is 3. The highest BCUT2D eigenvalue weighted by molar-refractivity contribution is 7.22. The molecule has 1 atom stereocenters. The monoisotopic (exact) mass is 289 g/mol. The summed E-state index contributed by atoms with van der Waals surface area (Å²) in [4.78, 5) is 17.2. The summed E-state index contributed by atoms with van der Waals surface area (Å²) in [5.41, 5.74) is 0.633. The summed E-state index contributed by atoms with van der Waals surface area (Å²) in [6.07, 6.45) is 0.890. The lowest BCUT2D eigenvalue weighted by Crippen LogP contribution is -2.42. The van der Waals surface area contributed by atoms with E-state index in [2.05, 4.69) is 29.5 Å². The summed E-state index contributed by atoms with van der Waals surface area (Å²) >= 11 is 1.53. The van der Waals surface area contributed by atoms with Crippen LogP contribution in [0.5, 0.6) is 0 Å². The van der Waals surface area contributed by atoms with Crippen LogP contribution in [0.15, 0.2) is 24.3 Å². The van der Waals surface area contributed by atoms with Crippen molar-refractivity contribution in [1.82, 2.24) is 10.3 Å². The molecule has 2 aromatic rings. The van der Waals surface area contributed by atoms with Gasteiger partial charge < -0.3 is 10.6 Å². The molecule has 3 rings (SSSR count). The fraction of sp³-hybridized carbons (Fsp3) is 0.467. The Labute approximate surface area is 122 Å². The molecule has 5 heteroatoms. The first-order valence-corrected chi connectivity index (χ1v) is 7.81. The van der Waals surface area contributed by atoms with E-state index in [0.717, 1.165) is 29.7 Å². The lowest BCUT2D eigenvalue weighted by Gasteiger charge is -2.30. The molecule has 0 saturated carbocycles. The molecule has 1 saturated heterocycles. The summed E-state index contributed by atoms with van der Waals surface area (Å²) in [5, 5.41) is 7.03. The highest BCUT2D eigenvalue weighted by Gasteiger charge is 2.44. The number of carbonyl (C=O) groups is 1. The molecule has 1 fully saturated rings. The van der Waals surface area contributed by atoms with Crippen LogP contribution in [-0.4, -0.2) is 24.0 Å². The summed E-state index contributed by atoms with van der Waals surface area (Å²) in [6.45, 7) is 5.89. The Morgan fingerprint density at radius 1 is 1.45 bits per heavy atom. The molecule has 4 nitrogen and oxygen atoms in total. The number of nitrogens with zero attached hydrogens (tertiary/aromatic N) is 1. The number of amides is 1. The highest BCUT2D eigenvalue weighted by Crippen LogP contribution is 2.36. The third-order valence-corrected chi connectivity index (χ3v) is 5.21. The SMILES string of the molecule is CC(C)C1(C(=O)Nc2nc3ccccc3s2)CCNC1. The Hall–Kier alpha value is -1.46. The van der Waals surface area contributed by atoms with Crippen LogP contribution in [0.1, 0.15) is 20.3 Å². The van der Waals surface area contributed by atoms with Gasteiger partial charge in [-0.05, 0) is 31.0 Å². The van der Waals surface area contributed by atoms with Crippen molar-refractivity contribution >= 4 is 32.6 Å². The normalized spacial score (nSPS) is 22.6. The number of nitrogens with one attached hydrogen (secondary N) is 2. The van der Waals surface area contributed by atoms with Crippen molar-refractivity contribution in [3.8, 4) is 0 Å². The van der Waals surface area contributed by atoms with E-state index in [0.29, 0.717) is 11.0 Å². The number of aromatic nitrogens is 1. The molecule has 1 unspecified atom stereocenters. The zero-order chi connectivity index (χ0) is 14.2. The van der Waals surface area contributed by atoms with Gasteiger partial charge in [0.15, 0.2) is 5.13 Å². The number of hydrogen-bond donors (Lipinski definition) is 2. The van der Waals surface area contributed by atoms with Gasteiger partial charge in [0.1, 0.15) is 0 Å². The van der Waals surface area contributed by atoms with Crippen molar-refractivity contribution in [2.24, 2.45) is 11.3 Å². The van der Waals surface area contributed by atoms with E-state index in [-0.39, 0.29) is 11.3 Å². The van der Waals surface area contributed by atoms with Gasteiger partial charge in [-0.15, -0.1) is 0 Å². The number of carbonyl (C=O) groups excluding carboxylic acids is 1. The summed E-state index contributed by atoms with van der Waals surface area (Å²) in [6, 6.07) is 7.95. The van der Waals surface area contributed by atoms with Gasteiger partial charge in [0.2, 0.25) is 5.91 Å². The van der Waals surface area contributed by atoms with Gasteiger partial charge >= 0.3 is 0 Å². The minimum absolute atomic E-state index is 0.0940. The number of thiazole rings is 1. The maximum atomic E-state index is 12.7. The Balaban J connectivity index is 1.84. The minimum atomic E-state index is -0.308. The predicted octanol–water partition coefficient (Wildman–Crippen LogP) is 2.87. The molecule has 0 radical (unpaired) electrons. The topological polar surface area (TPSA) is 54.0 Å². The molecule has 2 heterocycles. The molecule has 20 heavy (non-hydrogen) atoms. The number of para-hydroxylation sites is 1. The van der Waals surface area contributed by atoms with E-state index in [1.165, 1.54) is 11.3 Å². The maximum Gasteiger partial charge on any atom is 0.233 e. The van der Waals surface area contributed by atoms with Crippen molar-refractivity contribution in [3.63, 3.8) is 0 Å². The van der Waals surface area contributed by atoms with Crippen molar-refractivity contribution in [2.45, 2.75) is 20.3 Å². The second kappa shape index (κ2) is 5.14. The maximum absolute atomic E-state index is 12.7. The quantitative estimate of drug-likeness (QED) is 0.913. The summed E-state index contributed by atoms with van der Waals surface area (Å²) < 4.78 is 1.10. The molecular formula is C15H19N3OS. The first kappa shape index (κ1) is 13.5. The highest BCUT2D eigenvalue weighted by atomic mass is 32.1. The summed E-state index contributed by atoms with van der Waals surface area (Å²) in [7, 11) is 0. The van der Waals surface area contributed by atoms with Crippen LogP contribution in [0.4, 0.5) is 5.13 Å². The van der Waals surface area contributed by atoms with Crippen LogP contribution in [0, 0.1) is 11.3 Å². The second-order valence-corrected chi connectivity index (χ2v) is 6.71. The van der Waals surface area contributed by atoms with Gasteiger partial charge in [-0.25, -0.2) is 4.98 Å².